The van der Waals surface area contributed by atoms with Crippen LogP contribution in [0.4, 0.5) is 0 Å². The fraction of sp³-hybridized carbons (Fsp3) is 0.375. The molecule has 0 fully saturated rings. The maximum Gasteiger partial charge on any atom is 0.340 e. The lowest BCUT2D eigenvalue weighted by Gasteiger charge is -2.16. The second-order valence-electron chi connectivity index (χ2n) is 6.27. The molecule has 112 valence electrons. The average Bonchev–Trinajstić information content (AvgIpc) is 2.70. The van der Waals surface area contributed by atoms with Crippen molar-refractivity contribution in [3.63, 3.8) is 0 Å². The van der Waals surface area contributed by atoms with E-state index in [4.69, 9.17) is 11.6 Å². The molecule has 0 spiro atoms. The van der Waals surface area contributed by atoms with E-state index in [2.05, 4.69) is 5.10 Å². The number of carbonyl (C=O) groups is 1. The van der Waals surface area contributed by atoms with Gasteiger partial charge in [0.05, 0.1) is 11.4 Å². The van der Waals surface area contributed by atoms with Crippen molar-refractivity contribution in [1.82, 2.24) is 9.78 Å². The molecule has 0 radical (unpaired) electrons. The van der Waals surface area contributed by atoms with Gasteiger partial charge in [-0.25, -0.2) is 9.48 Å². The lowest BCUT2D eigenvalue weighted by atomic mass is 9.89. The molecule has 0 saturated heterocycles. The highest BCUT2D eigenvalue weighted by molar-refractivity contribution is 6.33. The zero-order valence-corrected chi connectivity index (χ0v) is 13.6. The molecular weight excluding hydrogens is 288 g/mol. The molecule has 0 amide bonds. The standard InChI is InChI=1S/C16H19ClN2O2/c1-9-6-7-10(2)11(8-9)19-14(17)12(15(20)21)13(18-19)16(3,4)5/h6-8H,1-5H3,(H,20,21). The van der Waals surface area contributed by atoms with Gasteiger partial charge in [-0.15, -0.1) is 0 Å². The molecule has 1 aromatic heterocycles. The van der Waals surface area contributed by atoms with E-state index in [0.717, 1.165) is 16.8 Å². The quantitative estimate of drug-likeness (QED) is 0.907. The van der Waals surface area contributed by atoms with Crippen LogP contribution in [0, 0.1) is 13.8 Å². The third-order valence-electron chi connectivity index (χ3n) is 3.35. The number of aromatic nitrogens is 2. The normalized spacial score (nSPS) is 11.7. The Hall–Kier alpha value is -1.81. The summed E-state index contributed by atoms with van der Waals surface area (Å²) in [7, 11) is 0. The van der Waals surface area contributed by atoms with E-state index in [1.165, 1.54) is 4.68 Å². The van der Waals surface area contributed by atoms with Crippen LogP contribution in [0.5, 0.6) is 0 Å². The van der Waals surface area contributed by atoms with Crippen LogP contribution >= 0.6 is 11.6 Å². The van der Waals surface area contributed by atoms with E-state index in [1.54, 1.807) is 0 Å². The first-order valence-corrected chi connectivity index (χ1v) is 7.10. The number of rotatable bonds is 2. The SMILES string of the molecule is Cc1ccc(C)c(-n2nc(C(C)(C)C)c(C(=O)O)c2Cl)c1. The van der Waals surface area contributed by atoms with Crippen LogP contribution in [0.25, 0.3) is 5.69 Å². The van der Waals surface area contributed by atoms with E-state index in [-0.39, 0.29) is 10.7 Å². The smallest absolute Gasteiger partial charge is 0.340 e. The molecule has 21 heavy (non-hydrogen) atoms. The molecule has 4 nitrogen and oxygen atoms in total. The molecule has 1 N–H and O–H groups in total. The van der Waals surface area contributed by atoms with Crippen LogP contribution in [-0.4, -0.2) is 20.9 Å². The van der Waals surface area contributed by atoms with Gasteiger partial charge in [-0.2, -0.15) is 5.10 Å². The largest absolute Gasteiger partial charge is 0.478 e. The summed E-state index contributed by atoms with van der Waals surface area (Å²) >= 11 is 6.31. The van der Waals surface area contributed by atoms with Gasteiger partial charge in [0.25, 0.3) is 0 Å². The van der Waals surface area contributed by atoms with Gasteiger partial charge >= 0.3 is 5.97 Å². The minimum Gasteiger partial charge on any atom is -0.478 e. The van der Waals surface area contributed by atoms with Gasteiger partial charge in [-0.1, -0.05) is 44.5 Å². The molecule has 0 aliphatic rings. The Balaban J connectivity index is 2.77. The third-order valence-corrected chi connectivity index (χ3v) is 3.70. The zero-order valence-electron chi connectivity index (χ0n) is 12.9. The van der Waals surface area contributed by atoms with Crippen LogP contribution in [-0.2, 0) is 5.41 Å². The minimum atomic E-state index is -1.05. The number of halogens is 1. The molecule has 0 atom stereocenters. The number of carboxylic acids is 1. The fourth-order valence-corrected chi connectivity index (χ4v) is 2.52. The van der Waals surface area contributed by atoms with Crippen LogP contribution in [0.1, 0.15) is 48.0 Å². The number of benzene rings is 1. The second-order valence-corrected chi connectivity index (χ2v) is 6.63. The first kappa shape index (κ1) is 15.6. The van der Waals surface area contributed by atoms with E-state index in [0.29, 0.717) is 5.69 Å². The third kappa shape index (κ3) is 2.81. The Labute approximate surface area is 129 Å². The molecule has 0 bridgehead atoms. The predicted octanol–water partition coefficient (Wildman–Crippen LogP) is 4.14. The van der Waals surface area contributed by atoms with E-state index < -0.39 is 11.4 Å². The Kier molecular flexibility index (Phi) is 3.85. The Morgan fingerprint density at radius 1 is 1.29 bits per heavy atom. The molecule has 2 rings (SSSR count). The number of nitrogens with zero attached hydrogens (tertiary/aromatic N) is 2. The van der Waals surface area contributed by atoms with Gasteiger partial charge in [0.1, 0.15) is 10.7 Å². The van der Waals surface area contributed by atoms with Crippen molar-refractivity contribution in [3.8, 4) is 5.69 Å². The van der Waals surface area contributed by atoms with Crippen molar-refractivity contribution in [2.24, 2.45) is 0 Å². The van der Waals surface area contributed by atoms with Crippen LogP contribution in [0.2, 0.25) is 5.15 Å². The molecule has 2 aromatic rings. The first-order valence-electron chi connectivity index (χ1n) is 6.73. The Bertz CT molecular complexity index is 712. The summed E-state index contributed by atoms with van der Waals surface area (Å²) in [5.41, 5.74) is 3.02. The summed E-state index contributed by atoms with van der Waals surface area (Å²) in [4.78, 5) is 11.5. The lowest BCUT2D eigenvalue weighted by molar-refractivity contribution is 0.0694. The first-order chi connectivity index (χ1) is 9.62. The number of aryl methyl sites for hydroxylation is 2. The minimum absolute atomic E-state index is 0.0741. The highest BCUT2D eigenvalue weighted by Crippen LogP contribution is 2.32. The molecule has 5 heteroatoms. The summed E-state index contributed by atoms with van der Waals surface area (Å²) in [6, 6.07) is 5.92. The molecule has 1 aromatic carbocycles. The van der Waals surface area contributed by atoms with E-state index >= 15 is 0 Å². The predicted molar refractivity (Wildman–Crippen MR) is 83.7 cm³/mol. The second kappa shape index (κ2) is 5.19. The van der Waals surface area contributed by atoms with Gasteiger partial charge in [0, 0.05) is 5.41 Å². The van der Waals surface area contributed by atoms with Gasteiger partial charge in [-0.3, -0.25) is 0 Å². The highest BCUT2D eigenvalue weighted by Gasteiger charge is 2.30. The van der Waals surface area contributed by atoms with Crippen LogP contribution in [0.3, 0.4) is 0 Å². The summed E-state index contributed by atoms with van der Waals surface area (Å²) in [5, 5.41) is 14.1. The fourth-order valence-electron chi connectivity index (χ4n) is 2.22. The summed E-state index contributed by atoms with van der Waals surface area (Å²) in [6.07, 6.45) is 0. The summed E-state index contributed by atoms with van der Waals surface area (Å²) in [6.45, 7) is 9.69. The van der Waals surface area contributed by atoms with Crippen molar-refractivity contribution < 1.29 is 9.90 Å². The zero-order chi connectivity index (χ0) is 15.9. The van der Waals surface area contributed by atoms with E-state index in [1.807, 2.05) is 52.8 Å². The van der Waals surface area contributed by atoms with E-state index in [9.17, 15) is 9.90 Å². The molecule has 0 saturated carbocycles. The molecule has 0 unspecified atom stereocenters. The monoisotopic (exact) mass is 306 g/mol. The summed E-state index contributed by atoms with van der Waals surface area (Å²) < 4.78 is 1.52. The number of hydrogen-bond donors (Lipinski definition) is 1. The maximum atomic E-state index is 11.5. The van der Waals surface area contributed by atoms with Gasteiger partial charge in [0.2, 0.25) is 0 Å². The van der Waals surface area contributed by atoms with Crippen LogP contribution < -0.4 is 0 Å². The maximum absolute atomic E-state index is 11.5. The highest BCUT2D eigenvalue weighted by atomic mass is 35.5. The number of hydrogen-bond acceptors (Lipinski definition) is 2. The van der Waals surface area contributed by atoms with Crippen LogP contribution in [0.15, 0.2) is 18.2 Å². The molecular formula is C16H19ClN2O2. The van der Waals surface area contributed by atoms with Crippen molar-refractivity contribution in [3.05, 3.63) is 45.7 Å². The van der Waals surface area contributed by atoms with Gasteiger partial charge in [0.15, 0.2) is 0 Å². The lowest BCUT2D eigenvalue weighted by Crippen LogP contribution is -2.16. The van der Waals surface area contributed by atoms with Gasteiger partial charge < -0.3 is 5.11 Å². The van der Waals surface area contributed by atoms with Crippen molar-refractivity contribution in [1.29, 1.82) is 0 Å². The topological polar surface area (TPSA) is 55.1 Å². The number of aromatic carboxylic acids is 1. The van der Waals surface area contributed by atoms with Crippen molar-refractivity contribution in [2.45, 2.75) is 40.0 Å². The molecule has 0 aliphatic heterocycles. The average molecular weight is 307 g/mol. The van der Waals surface area contributed by atoms with Crippen molar-refractivity contribution in [2.75, 3.05) is 0 Å². The van der Waals surface area contributed by atoms with Gasteiger partial charge in [-0.05, 0) is 31.0 Å². The number of carboxylic acid groups (broad SMARTS) is 1. The molecule has 1 heterocycles. The Morgan fingerprint density at radius 3 is 2.38 bits per heavy atom. The molecule has 0 aliphatic carbocycles. The van der Waals surface area contributed by atoms with Crippen molar-refractivity contribution >= 4 is 17.6 Å². The Morgan fingerprint density at radius 2 is 1.90 bits per heavy atom. The summed E-state index contributed by atoms with van der Waals surface area (Å²) in [5.74, 6) is -1.05.